The molecule has 1 aliphatic rings. The van der Waals surface area contributed by atoms with Crippen LogP contribution in [0.2, 0.25) is 0 Å². The van der Waals surface area contributed by atoms with Crippen molar-refractivity contribution in [1.29, 1.82) is 0 Å². The highest BCUT2D eigenvalue weighted by Gasteiger charge is 2.27. The van der Waals surface area contributed by atoms with Gasteiger partial charge in [0.15, 0.2) is 0 Å². The molecular formula is C22H28N4. The van der Waals surface area contributed by atoms with Crippen LogP contribution in [-0.4, -0.2) is 62.1 Å². The summed E-state index contributed by atoms with van der Waals surface area (Å²) in [5, 5.41) is 1.33. The Morgan fingerprint density at radius 3 is 2.31 bits per heavy atom. The van der Waals surface area contributed by atoms with E-state index in [0.717, 1.165) is 26.2 Å². The van der Waals surface area contributed by atoms with Crippen LogP contribution >= 0.6 is 0 Å². The van der Waals surface area contributed by atoms with E-state index >= 15 is 0 Å². The summed E-state index contributed by atoms with van der Waals surface area (Å²) in [4.78, 5) is 10.7. The first kappa shape index (κ1) is 17.1. The van der Waals surface area contributed by atoms with Crippen LogP contribution in [0.5, 0.6) is 0 Å². The molecule has 0 saturated carbocycles. The summed E-state index contributed by atoms with van der Waals surface area (Å²) >= 11 is 0. The zero-order valence-electron chi connectivity index (χ0n) is 15.9. The molecule has 2 aromatic carbocycles. The average molecular weight is 348 g/mol. The highest BCUT2D eigenvalue weighted by Crippen LogP contribution is 2.34. The van der Waals surface area contributed by atoms with Crippen LogP contribution in [0.4, 0.5) is 5.69 Å². The van der Waals surface area contributed by atoms with Gasteiger partial charge in [0.05, 0.1) is 6.04 Å². The first-order valence-corrected chi connectivity index (χ1v) is 9.39. The van der Waals surface area contributed by atoms with E-state index in [4.69, 9.17) is 0 Å². The van der Waals surface area contributed by atoms with Gasteiger partial charge in [-0.3, -0.25) is 4.90 Å². The number of benzene rings is 2. The Labute approximate surface area is 156 Å². The van der Waals surface area contributed by atoms with Crippen molar-refractivity contribution in [2.45, 2.75) is 6.04 Å². The third-order valence-electron chi connectivity index (χ3n) is 5.54. The number of aromatic amines is 1. The maximum atomic E-state index is 3.47. The first-order chi connectivity index (χ1) is 12.6. The largest absolute Gasteiger partial charge is 0.378 e. The van der Waals surface area contributed by atoms with Crippen LogP contribution < -0.4 is 4.90 Å². The number of aromatic nitrogens is 1. The predicted octanol–water partition coefficient (Wildman–Crippen LogP) is 3.57. The van der Waals surface area contributed by atoms with Gasteiger partial charge in [-0.25, -0.2) is 0 Å². The van der Waals surface area contributed by atoms with Crippen LogP contribution in [0.15, 0.2) is 54.7 Å². The number of likely N-dealkylation sites (N-methyl/N-ethyl adjacent to an activating group) is 1. The minimum absolute atomic E-state index is 0.288. The second kappa shape index (κ2) is 7.14. The number of anilines is 1. The van der Waals surface area contributed by atoms with Gasteiger partial charge in [0.25, 0.3) is 0 Å². The fraction of sp³-hybridized carbons (Fsp3) is 0.364. The number of para-hydroxylation sites is 1. The molecule has 26 heavy (non-hydrogen) atoms. The van der Waals surface area contributed by atoms with Crippen molar-refractivity contribution < 1.29 is 0 Å². The lowest BCUT2D eigenvalue weighted by atomic mass is 9.95. The molecule has 1 unspecified atom stereocenters. The maximum absolute atomic E-state index is 3.47. The van der Waals surface area contributed by atoms with E-state index < -0.39 is 0 Å². The quantitative estimate of drug-likeness (QED) is 0.780. The summed E-state index contributed by atoms with van der Waals surface area (Å²) in [7, 11) is 6.39. The minimum atomic E-state index is 0.288. The Morgan fingerprint density at radius 2 is 1.62 bits per heavy atom. The van der Waals surface area contributed by atoms with Crippen LogP contribution in [-0.2, 0) is 0 Å². The summed E-state index contributed by atoms with van der Waals surface area (Å²) < 4.78 is 0. The molecule has 1 aliphatic heterocycles. The second-order valence-electron chi connectivity index (χ2n) is 7.52. The van der Waals surface area contributed by atoms with Gasteiger partial charge in [-0.15, -0.1) is 0 Å². The van der Waals surface area contributed by atoms with E-state index in [-0.39, 0.29) is 6.04 Å². The molecule has 1 aromatic heterocycles. The molecule has 1 atom stereocenters. The smallest absolute Gasteiger partial charge is 0.0623 e. The van der Waals surface area contributed by atoms with Gasteiger partial charge in [0, 0.05) is 63.1 Å². The van der Waals surface area contributed by atoms with Crippen LogP contribution in [0.25, 0.3) is 10.9 Å². The Bertz CT molecular complexity index is 857. The fourth-order valence-corrected chi connectivity index (χ4v) is 3.94. The highest BCUT2D eigenvalue weighted by molar-refractivity contribution is 5.84. The molecule has 4 rings (SSSR count). The Morgan fingerprint density at radius 1 is 0.923 bits per heavy atom. The zero-order chi connectivity index (χ0) is 18.1. The molecule has 0 bridgehead atoms. The normalized spacial score (nSPS) is 17.5. The maximum Gasteiger partial charge on any atom is 0.0623 e. The topological polar surface area (TPSA) is 25.5 Å². The van der Waals surface area contributed by atoms with Crippen LogP contribution in [0.1, 0.15) is 17.2 Å². The molecule has 2 heterocycles. The fourth-order valence-electron chi connectivity index (χ4n) is 3.94. The van der Waals surface area contributed by atoms with Crippen LogP contribution in [0.3, 0.4) is 0 Å². The number of nitrogens with one attached hydrogen (secondary N) is 1. The van der Waals surface area contributed by atoms with Gasteiger partial charge in [-0.05, 0) is 36.4 Å². The minimum Gasteiger partial charge on any atom is -0.378 e. The van der Waals surface area contributed by atoms with Crippen molar-refractivity contribution in [1.82, 2.24) is 14.8 Å². The van der Waals surface area contributed by atoms with Gasteiger partial charge in [-0.2, -0.15) is 0 Å². The SMILES string of the molecule is CN1CCN(C(c2ccc(N(C)C)cc2)c2c[nH]c3ccccc23)CC1. The lowest BCUT2D eigenvalue weighted by Gasteiger charge is -2.38. The zero-order valence-corrected chi connectivity index (χ0v) is 15.9. The summed E-state index contributed by atoms with van der Waals surface area (Å²) in [5.74, 6) is 0. The molecule has 4 nitrogen and oxygen atoms in total. The summed E-state index contributed by atoms with van der Waals surface area (Å²) in [6.45, 7) is 4.43. The monoisotopic (exact) mass is 348 g/mol. The van der Waals surface area contributed by atoms with E-state index in [1.807, 2.05) is 0 Å². The van der Waals surface area contributed by atoms with Gasteiger partial charge >= 0.3 is 0 Å². The molecule has 0 amide bonds. The molecular weight excluding hydrogens is 320 g/mol. The Kier molecular flexibility index (Phi) is 4.70. The molecule has 4 heteroatoms. The molecule has 1 N–H and O–H groups in total. The number of H-pyrrole nitrogens is 1. The van der Waals surface area contributed by atoms with E-state index in [0.29, 0.717) is 0 Å². The number of hydrogen-bond donors (Lipinski definition) is 1. The van der Waals surface area contributed by atoms with Crippen molar-refractivity contribution in [3.05, 3.63) is 65.9 Å². The van der Waals surface area contributed by atoms with E-state index in [2.05, 4.69) is 95.6 Å². The molecule has 0 radical (unpaired) electrons. The number of hydrogen-bond acceptors (Lipinski definition) is 3. The van der Waals surface area contributed by atoms with Crippen molar-refractivity contribution in [3.63, 3.8) is 0 Å². The average Bonchev–Trinajstić information content (AvgIpc) is 3.08. The van der Waals surface area contributed by atoms with Crippen LogP contribution in [0, 0.1) is 0 Å². The van der Waals surface area contributed by atoms with Crippen molar-refractivity contribution in [3.8, 4) is 0 Å². The third-order valence-corrected chi connectivity index (χ3v) is 5.54. The van der Waals surface area contributed by atoms with Gasteiger partial charge in [0.2, 0.25) is 0 Å². The molecule has 1 fully saturated rings. The number of fused-ring (bicyclic) bond motifs is 1. The lowest BCUT2D eigenvalue weighted by Crippen LogP contribution is -2.46. The number of rotatable bonds is 4. The lowest BCUT2D eigenvalue weighted by molar-refractivity contribution is 0.128. The van der Waals surface area contributed by atoms with Crippen molar-refractivity contribution >= 4 is 16.6 Å². The first-order valence-electron chi connectivity index (χ1n) is 9.39. The highest BCUT2D eigenvalue weighted by atomic mass is 15.3. The van der Waals surface area contributed by atoms with Gasteiger partial charge in [-0.1, -0.05) is 30.3 Å². The molecule has 3 aromatic rings. The van der Waals surface area contributed by atoms with Gasteiger partial charge in [0.1, 0.15) is 0 Å². The molecule has 0 aliphatic carbocycles. The Hall–Kier alpha value is -2.30. The summed E-state index contributed by atoms with van der Waals surface area (Å²) in [5.41, 5.74) is 5.20. The molecule has 1 saturated heterocycles. The summed E-state index contributed by atoms with van der Waals surface area (Å²) in [6, 6.07) is 18.0. The van der Waals surface area contributed by atoms with E-state index in [9.17, 15) is 0 Å². The van der Waals surface area contributed by atoms with Gasteiger partial charge < -0.3 is 14.8 Å². The van der Waals surface area contributed by atoms with E-state index in [1.165, 1.54) is 27.7 Å². The second-order valence-corrected chi connectivity index (χ2v) is 7.52. The molecule has 0 spiro atoms. The Balaban J connectivity index is 1.76. The number of piperazine rings is 1. The number of nitrogens with zero attached hydrogens (tertiary/aromatic N) is 3. The third kappa shape index (κ3) is 3.22. The standard InChI is InChI=1S/C22H28N4/c1-24(2)18-10-8-17(9-11-18)22(26-14-12-25(3)13-15-26)20-16-23-21-7-5-4-6-19(20)21/h4-11,16,22-23H,12-15H2,1-3H3. The predicted molar refractivity (Wildman–Crippen MR) is 110 cm³/mol. The summed E-state index contributed by atoms with van der Waals surface area (Å²) in [6.07, 6.45) is 2.20. The molecule has 136 valence electrons. The van der Waals surface area contributed by atoms with Crippen molar-refractivity contribution in [2.24, 2.45) is 0 Å². The van der Waals surface area contributed by atoms with E-state index in [1.54, 1.807) is 0 Å². The van der Waals surface area contributed by atoms with Crippen molar-refractivity contribution in [2.75, 3.05) is 52.2 Å².